The summed E-state index contributed by atoms with van der Waals surface area (Å²) in [5.74, 6) is -1.05. The molecule has 0 amide bonds. The predicted octanol–water partition coefficient (Wildman–Crippen LogP) is 2.77. The Labute approximate surface area is 93.9 Å². The molecule has 1 N–H and O–H groups in total. The van der Waals surface area contributed by atoms with E-state index in [1.807, 2.05) is 0 Å². The number of hydrogen-bond acceptors (Lipinski definition) is 2. The maximum Gasteiger partial charge on any atom is 0.433 e. The fourth-order valence-corrected chi connectivity index (χ4v) is 1.30. The van der Waals surface area contributed by atoms with Gasteiger partial charge in [-0.1, -0.05) is 17.7 Å². The third kappa shape index (κ3) is 3.37. The van der Waals surface area contributed by atoms with Gasteiger partial charge in [0.1, 0.15) is 10.8 Å². The van der Waals surface area contributed by atoms with Crippen molar-refractivity contribution in [2.75, 3.05) is 0 Å². The monoisotopic (exact) mass is 253 g/mol. The fraction of sp³-hybridized carbons (Fsp3) is 0.333. The summed E-state index contributed by atoms with van der Waals surface area (Å²) in [7, 11) is 0. The second-order valence-corrected chi connectivity index (χ2v) is 3.40. The number of rotatable bonds is 3. The summed E-state index contributed by atoms with van der Waals surface area (Å²) in [6.07, 6.45) is -4.69. The first-order valence-electron chi connectivity index (χ1n) is 4.25. The van der Waals surface area contributed by atoms with Crippen LogP contribution in [0, 0.1) is 0 Å². The summed E-state index contributed by atoms with van der Waals surface area (Å²) in [4.78, 5) is 13.4. The van der Waals surface area contributed by atoms with E-state index < -0.39 is 17.8 Å². The zero-order chi connectivity index (χ0) is 12.3. The predicted molar refractivity (Wildman–Crippen MR) is 50.2 cm³/mol. The average molecular weight is 254 g/mol. The number of alkyl halides is 3. The molecule has 1 heterocycles. The van der Waals surface area contributed by atoms with E-state index in [1.165, 1.54) is 0 Å². The van der Waals surface area contributed by atoms with E-state index in [0.29, 0.717) is 0 Å². The number of pyridine rings is 1. The molecule has 88 valence electrons. The van der Waals surface area contributed by atoms with Crippen LogP contribution in [0.2, 0.25) is 5.15 Å². The smallest absolute Gasteiger partial charge is 0.433 e. The van der Waals surface area contributed by atoms with Crippen molar-refractivity contribution >= 4 is 17.6 Å². The summed E-state index contributed by atoms with van der Waals surface area (Å²) in [6.45, 7) is 0. The van der Waals surface area contributed by atoms with Crippen molar-refractivity contribution in [2.24, 2.45) is 0 Å². The Morgan fingerprint density at radius 1 is 1.44 bits per heavy atom. The number of carbonyl (C=O) groups is 1. The van der Waals surface area contributed by atoms with Gasteiger partial charge in [-0.2, -0.15) is 13.2 Å². The molecule has 0 saturated heterocycles. The summed E-state index contributed by atoms with van der Waals surface area (Å²) in [6, 6.07) is 1.92. The quantitative estimate of drug-likeness (QED) is 0.843. The molecule has 0 aliphatic heterocycles. The summed E-state index contributed by atoms with van der Waals surface area (Å²) in [5.41, 5.74) is -0.798. The highest BCUT2D eigenvalue weighted by Gasteiger charge is 2.32. The Bertz CT molecular complexity index is 406. The van der Waals surface area contributed by atoms with Gasteiger partial charge in [0.2, 0.25) is 0 Å². The zero-order valence-corrected chi connectivity index (χ0v) is 8.64. The van der Waals surface area contributed by atoms with Gasteiger partial charge in [-0.05, 0) is 18.1 Å². The second kappa shape index (κ2) is 4.69. The molecule has 7 heteroatoms. The van der Waals surface area contributed by atoms with Crippen LogP contribution in [0.15, 0.2) is 12.1 Å². The van der Waals surface area contributed by atoms with Crippen LogP contribution in [0.1, 0.15) is 17.7 Å². The van der Waals surface area contributed by atoms with Gasteiger partial charge in [0.15, 0.2) is 0 Å². The van der Waals surface area contributed by atoms with E-state index >= 15 is 0 Å². The van der Waals surface area contributed by atoms with E-state index in [-0.39, 0.29) is 23.6 Å². The average Bonchev–Trinajstić information content (AvgIpc) is 2.14. The highest BCUT2D eigenvalue weighted by atomic mass is 35.5. The number of carboxylic acid groups (broad SMARTS) is 1. The molecule has 1 aromatic rings. The third-order valence-corrected chi connectivity index (χ3v) is 2.15. The van der Waals surface area contributed by atoms with Crippen LogP contribution >= 0.6 is 11.6 Å². The van der Waals surface area contributed by atoms with Crippen molar-refractivity contribution < 1.29 is 23.1 Å². The van der Waals surface area contributed by atoms with Crippen molar-refractivity contribution in [1.29, 1.82) is 0 Å². The van der Waals surface area contributed by atoms with Gasteiger partial charge in [0.05, 0.1) is 0 Å². The summed E-state index contributed by atoms with van der Waals surface area (Å²) in [5, 5.41) is 8.10. The molecule has 0 saturated carbocycles. The number of hydrogen-bond donors (Lipinski definition) is 1. The molecule has 0 aliphatic carbocycles. The largest absolute Gasteiger partial charge is 0.481 e. The first-order chi connectivity index (χ1) is 7.30. The molecule has 0 bridgehead atoms. The Morgan fingerprint density at radius 3 is 2.50 bits per heavy atom. The lowest BCUT2D eigenvalue weighted by Crippen LogP contribution is -2.09. The lowest BCUT2D eigenvalue weighted by molar-refractivity contribution is -0.141. The Hall–Kier alpha value is -1.30. The van der Waals surface area contributed by atoms with Crippen LogP contribution in [0.3, 0.4) is 0 Å². The highest BCUT2D eigenvalue weighted by Crippen LogP contribution is 2.29. The molecule has 0 fully saturated rings. The fourth-order valence-electron chi connectivity index (χ4n) is 1.05. The van der Waals surface area contributed by atoms with Crippen LogP contribution in [0.5, 0.6) is 0 Å². The number of aromatic nitrogens is 1. The highest BCUT2D eigenvalue weighted by molar-refractivity contribution is 6.30. The molecular formula is C9H7ClF3NO2. The first kappa shape index (κ1) is 12.8. The van der Waals surface area contributed by atoms with Gasteiger partial charge in [0.25, 0.3) is 0 Å². The standard InChI is InChI=1S/C9H7ClF3NO2/c10-8-5(2-4-7(15)16)1-3-6(14-8)9(11,12)13/h1,3H,2,4H2,(H,15,16). The van der Waals surface area contributed by atoms with Gasteiger partial charge >= 0.3 is 12.1 Å². The lowest BCUT2D eigenvalue weighted by Gasteiger charge is -2.08. The normalized spacial score (nSPS) is 11.5. The molecule has 0 aliphatic rings. The van der Waals surface area contributed by atoms with Crippen LogP contribution in [0.25, 0.3) is 0 Å². The molecule has 1 rings (SSSR count). The van der Waals surface area contributed by atoms with Crippen LogP contribution < -0.4 is 0 Å². The first-order valence-corrected chi connectivity index (χ1v) is 4.63. The minimum atomic E-state index is -4.55. The van der Waals surface area contributed by atoms with E-state index in [4.69, 9.17) is 16.7 Å². The molecule has 0 atom stereocenters. The van der Waals surface area contributed by atoms with Crippen LogP contribution in [-0.4, -0.2) is 16.1 Å². The van der Waals surface area contributed by atoms with Gasteiger partial charge in [-0.25, -0.2) is 4.98 Å². The topological polar surface area (TPSA) is 50.2 Å². The van der Waals surface area contributed by atoms with E-state index in [9.17, 15) is 18.0 Å². The molecule has 1 aromatic heterocycles. The van der Waals surface area contributed by atoms with Gasteiger partial charge < -0.3 is 5.11 Å². The Kier molecular flexibility index (Phi) is 3.74. The lowest BCUT2D eigenvalue weighted by atomic mass is 10.1. The number of aryl methyl sites for hydroxylation is 1. The third-order valence-electron chi connectivity index (χ3n) is 1.82. The molecular weight excluding hydrogens is 247 g/mol. The molecule has 0 radical (unpaired) electrons. The maximum absolute atomic E-state index is 12.2. The second-order valence-electron chi connectivity index (χ2n) is 3.04. The minimum Gasteiger partial charge on any atom is -0.481 e. The molecule has 3 nitrogen and oxygen atoms in total. The summed E-state index contributed by atoms with van der Waals surface area (Å²) < 4.78 is 36.6. The van der Waals surface area contributed by atoms with Gasteiger partial charge in [-0.15, -0.1) is 0 Å². The molecule has 0 unspecified atom stereocenters. The number of aliphatic carboxylic acids is 1. The van der Waals surface area contributed by atoms with Crippen molar-refractivity contribution in [3.05, 3.63) is 28.5 Å². The zero-order valence-electron chi connectivity index (χ0n) is 7.88. The van der Waals surface area contributed by atoms with Gasteiger partial charge in [-0.3, -0.25) is 4.79 Å². The minimum absolute atomic E-state index is 0.0549. The SMILES string of the molecule is O=C(O)CCc1ccc(C(F)(F)F)nc1Cl. The van der Waals surface area contributed by atoms with E-state index in [0.717, 1.165) is 12.1 Å². The summed E-state index contributed by atoms with van der Waals surface area (Å²) >= 11 is 5.51. The number of halogens is 4. The number of nitrogens with zero attached hydrogens (tertiary/aromatic N) is 1. The molecule has 0 spiro atoms. The Balaban J connectivity index is 2.88. The van der Waals surface area contributed by atoms with Crippen molar-refractivity contribution in [3.8, 4) is 0 Å². The molecule has 0 aromatic carbocycles. The van der Waals surface area contributed by atoms with Crippen molar-refractivity contribution in [3.63, 3.8) is 0 Å². The Morgan fingerprint density at radius 2 is 2.06 bits per heavy atom. The maximum atomic E-state index is 12.2. The van der Waals surface area contributed by atoms with E-state index in [2.05, 4.69) is 4.98 Å². The van der Waals surface area contributed by atoms with Crippen LogP contribution in [-0.2, 0) is 17.4 Å². The van der Waals surface area contributed by atoms with Crippen molar-refractivity contribution in [1.82, 2.24) is 4.98 Å². The van der Waals surface area contributed by atoms with E-state index in [1.54, 1.807) is 0 Å². The number of carboxylic acids is 1. The molecule has 16 heavy (non-hydrogen) atoms. The van der Waals surface area contributed by atoms with Crippen molar-refractivity contribution in [2.45, 2.75) is 19.0 Å². The van der Waals surface area contributed by atoms with Gasteiger partial charge in [0, 0.05) is 6.42 Å². The van der Waals surface area contributed by atoms with Crippen LogP contribution in [0.4, 0.5) is 13.2 Å².